The van der Waals surface area contributed by atoms with E-state index in [1.54, 1.807) is 0 Å². The summed E-state index contributed by atoms with van der Waals surface area (Å²) in [6.45, 7) is 1.36. The largest absolute Gasteiger partial charge is 0.481 e. The van der Waals surface area contributed by atoms with Crippen LogP contribution in [0, 0.1) is 0 Å². The molecule has 0 unspecified atom stereocenters. The molecule has 0 aliphatic carbocycles. The average molecular weight is 209 g/mol. The van der Waals surface area contributed by atoms with Crippen molar-refractivity contribution >= 4 is 11.8 Å². The van der Waals surface area contributed by atoms with Crippen molar-refractivity contribution in [3.05, 3.63) is 23.4 Å². The molecule has 1 aromatic rings. The molecule has 0 amide bonds. The summed E-state index contributed by atoms with van der Waals surface area (Å²) in [5.74, 6) is -0.542. The van der Waals surface area contributed by atoms with Gasteiger partial charge in [-0.2, -0.15) is 0 Å². The quantitative estimate of drug-likeness (QED) is 0.550. The number of hydrogen-bond acceptors (Lipinski definition) is 5. The van der Waals surface area contributed by atoms with Crippen LogP contribution in [-0.2, 0) is 4.74 Å². The molecular formula is C10H11NO4. The standard InChI is InChI=1S/C10H11NO4/c1-6(12)7-4-9(14-2)11-5-8(7)10(13)15-3/h4-5H,1-3H3. The number of rotatable bonds is 3. The van der Waals surface area contributed by atoms with Crippen molar-refractivity contribution in [3.8, 4) is 5.88 Å². The first-order valence-electron chi connectivity index (χ1n) is 4.23. The Hall–Kier alpha value is -1.91. The molecule has 15 heavy (non-hydrogen) atoms. The number of carbonyl (C=O) groups is 2. The Balaban J connectivity index is 3.27. The van der Waals surface area contributed by atoms with Crippen LogP contribution in [0.15, 0.2) is 12.3 Å². The Bertz CT molecular complexity index is 400. The number of pyridine rings is 1. The first kappa shape index (κ1) is 11.2. The van der Waals surface area contributed by atoms with Gasteiger partial charge in [0, 0.05) is 17.8 Å². The van der Waals surface area contributed by atoms with E-state index in [1.807, 2.05) is 0 Å². The predicted molar refractivity (Wildman–Crippen MR) is 52.1 cm³/mol. The fraction of sp³-hybridized carbons (Fsp3) is 0.300. The molecule has 0 aliphatic rings. The monoisotopic (exact) mass is 209 g/mol. The summed E-state index contributed by atoms with van der Waals surface area (Å²) in [6.07, 6.45) is 1.27. The number of methoxy groups -OCH3 is 2. The van der Waals surface area contributed by atoms with Gasteiger partial charge in [-0.15, -0.1) is 0 Å². The molecule has 0 bridgehead atoms. The van der Waals surface area contributed by atoms with E-state index in [2.05, 4.69) is 9.72 Å². The number of carbonyl (C=O) groups excluding carboxylic acids is 2. The zero-order chi connectivity index (χ0) is 11.4. The van der Waals surface area contributed by atoms with Crippen LogP contribution in [0.1, 0.15) is 27.6 Å². The molecule has 1 rings (SSSR count). The fourth-order valence-electron chi connectivity index (χ4n) is 1.11. The summed E-state index contributed by atoms with van der Waals surface area (Å²) in [7, 11) is 2.68. The summed E-state index contributed by atoms with van der Waals surface area (Å²) in [5, 5.41) is 0. The zero-order valence-corrected chi connectivity index (χ0v) is 8.73. The van der Waals surface area contributed by atoms with Gasteiger partial charge < -0.3 is 9.47 Å². The Kier molecular flexibility index (Phi) is 3.38. The SMILES string of the molecule is COC(=O)c1cnc(OC)cc1C(C)=O. The third kappa shape index (κ3) is 2.31. The number of ether oxygens (including phenoxy) is 2. The number of Topliss-reactive ketones (excluding diaryl/α,β-unsaturated/α-hetero) is 1. The van der Waals surface area contributed by atoms with Gasteiger partial charge in [0.25, 0.3) is 0 Å². The highest BCUT2D eigenvalue weighted by Crippen LogP contribution is 2.15. The van der Waals surface area contributed by atoms with Gasteiger partial charge in [0.2, 0.25) is 5.88 Å². The van der Waals surface area contributed by atoms with Gasteiger partial charge in [-0.3, -0.25) is 4.79 Å². The van der Waals surface area contributed by atoms with Crippen molar-refractivity contribution in [1.82, 2.24) is 4.98 Å². The van der Waals surface area contributed by atoms with Crippen LogP contribution >= 0.6 is 0 Å². The minimum Gasteiger partial charge on any atom is -0.481 e. The Morgan fingerprint density at radius 1 is 1.27 bits per heavy atom. The van der Waals surface area contributed by atoms with Gasteiger partial charge in [-0.05, 0) is 6.92 Å². The number of ketones is 1. The van der Waals surface area contributed by atoms with E-state index < -0.39 is 5.97 Å². The van der Waals surface area contributed by atoms with E-state index in [1.165, 1.54) is 33.4 Å². The zero-order valence-electron chi connectivity index (χ0n) is 8.73. The van der Waals surface area contributed by atoms with Crippen LogP contribution < -0.4 is 4.74 Å². The Morgan fingerprint density at radius 3 is 2.40 bits per heavy atom. The molecule has 0 N–H and O–H groups in total. The van der Waals surface area contributed by atoms with Crippen LogP contribution in [-0.4, -0.2) is 31.0 Å². The summed E-state index contributed by atoms with van der Waals surface area (Å²) >= 11 is 0. The fourth-order valence-corrected chi connectivity index (χ4v) is 1.11. The predicted octanol–water partition coefficient (Wildman–Crippen LogP) is 1.08. The van der Waals surface area contributed by atoms with E-state index in [4.69, 9.17) is 4.74 Å². The van der Waals surface area contributed by atoms with Crippen LogP contribution in [0.25, 0.3) is 0 Å². The second-order valence-corrected chi connectivity index (χ2v) is 2.82. The van der Waals surface area contributed by atoms with E-state index >= 15 is 0 Å². The highest BCUT2D eigenvalue weighted by Gasteiger charge is 2.16. The second kappa shape index (κ2) is 4.54. The summed E-state index contributed by atoms with van der Waals surface area (Å²) in [5.41, 5.74) is 0.388. The van der Waals surface area contributed by atoms with Crippen molar-refractivity contribution < 1.29 is 19.1 Å². The molecule has 80 valence electrons. The lowest BCUT2D eigenvalue weighted by atomic mass is 10.1. The van der Waals surface area contributed by atoms with Gasteiger partial charge in [0.1, 0.15) is 0 Å². The van der Waals surface area contributed by atoms with Crippen LogP contribution in [0.2, 0.25) is 0 Å². The molecule has 0 aromatic carbocycles. The Labute approximate surface area is 87.0 Å². The first-order valence-corrected chi connectivity index (χ1v) is 4.23. The smallest absolute Gasteiger partial charge is 0.340 e. The third-order valence-electron chi connectivity index (χ3n) is 1.87. The van der Waals surface area contributed by atoms with E-state index in [9.17, 15) is 9.59 Å². The first-order chi connectivity index (χ1) is 7.10. The average Bonchev–Trinajstić information content (AvgIpc) is 2.27. The summed E-state index contributed by atoms with van der Waals surface area (Å²) in [4.78, 5) is 26.4. The van der Waals surface area contributed by atoms with E-state index in [0.717, 1.165) is 0 Å². The normalized spacial score (nSPS) is 9.53. The van der Waals surface area contributed by atoms with E-state index in [0.29, 0.717) is 0 Å². The number of aromatic nitrogens is 1. The van der Waals surface area contributed by atoms with Crippen molar-refractivity contribution in [2.75, 3.05) is 14.2 Å². The van der Waals surface area contributed by atoms with Crippen molar-refractivity contribution in [1.29, 1.82) is 0 Å². The van der Waals surface area contributed by atoms with Crippen molar-refractivity contribution in [3.63, 3.8) is 0 Å². The molecule has 5 heteroatoms. The molecule has 0 aliphatic heterocycles. The molecule has 1 aromatic heterocycles. The molecule has 0 fully saturated rings. The molecule has 1 heterocycles. The molecule has 0 saturated heterocycles. The highest BCUT2D eigenvalue weighted by atomic mass is 16.5. The van der Waals surface area contributed by atoms with Gasteiger partial charge in [0.15, 0.2) is 5.78 Å². The molecule has 0 saturated carbocycles. The topological polar surface area (TPSA) is 65.5 Å². The van der Waals surface area contributed by atoms with Crippen LogP contribution in [0.4, 0.5) is 0 Å². The lowest BCUT2D eigenvalue weighted by molar-refractivity contribution is 0.0596. The lowest BCUT2D eigenvalue weighted by Gasteiger charge is -2.06. The summed E-state index contributed by atoms with van der Waals surface area (Å²) < 4.78 is 9.39. The Morgan fingerprint density at radius 2 is 1.93 bits per heavy atom. The molecular weight excluding hydrogens is 198 g/mol. The second-order valence-electron chi connectivity index (χ2n) is 2.82. The molecule has 0 spiro atoms. The maximum Gasteiger partial charge on any atom is 0.340 e. The van der Waals surface area contributed by atoms with Crippen molar-refractivity contribution in [2.24, 2.45) is 0 Å². The van der Waals surface area contributed by atoms with Crippen molar-refractivity contribution in [2.45, 2.75) is 6.92 Å². The molecule has 0 radical (unpaired) electrons. The number of hydrogen-bond donors (Lipinski definition) is 0. The third-order valence-corrected chi connectivity index (χ3v) is 1.87. The maximum absolute atomic E-state index is 11.3. The van der Waals surface area contributed by atoms with Gasteiger partial charge >= 0.3 is 5.97 Å². The maximum atomic E-state index is 11.3. The van der Waals surface area contributed by atoms with Gasteiger partial charge in [0.05, 0.1) is 19.8 Å². The van der Waals surface area contributed by atoms with Crippen LogP contribution in [0.5, 0.6) is 5.88 Å². The summed E-state index contributed by atoms with van der Waals surface area (Å²) in [6, 6.07) is 1.41. The minimum absolute atomic E-state index is 0.144. The van der Waals surface area contributed by atoms with Crippen LogP contribution in [0.3, 0.4) is 0 Å². The number of esters is 1. The lowest BCUT2D eigenvalue weighted by Crippen LogP contribution is -2.09. The number of nitrogens with zero attached hydrogens (tertiary/aromatic N) is 1. The van der Waals surface area contributed by atoms with Gasteiger partial charge in [-0.25, -0.2) is 9.78 Å². The highest BCUT2D eigenvalue weighted by molar-refractivity contribution is 6.05. The van der Waals surface area contributed by atoms with E-state index in [-0.39, 0.29) is 22.8 Å². The van der Waals surface area contributed by atoms with Gasteiger partial charge in [-0.1, -0.05) is 0 Å². The molecule has 0 atom stereocenters. The minimum atomic E-state index is -0.588. The molecule has 5 nitrogen and oxygen atoms in total.